The van der Waals surface area contributed by atoms with Crippen molar-refractivity contribution in [3.05, 3.63) is 36.0 Å². The third-order valence-corrected chi connectivity index (χ3v) is 6.90. The molecule has 5 unspecified atom stereocenters. The van der Waals surface area contributed by atoms with Crippen LogP contribution in [0.15, 0.2) is 30.5 Å². The van der Waals surface area contributed by atoms with Gasteiger partial charge in [-0.3, -0.25) is 19.2 Å². The molecule has 0 spiro atoms. The Kier molecular flexibility index (Phi) is 9.83. The summed E-state index contributed by atoms with van der Waals surface area (Å²) >= 11 is 0. The molecule has 2 aromatic rings. The van der Waals surface area contributed by atoms with Crippen LogP contribution in [0, 0.1) is 5.92 Å². The molecule has 0 radical (unpaired) electrons. The number of aliphatic carboxylic acids is 2. The van der Waals surface area contributed by atoms with E-state index in [-0.39, 0.29) is 12.3 Å². The SMILES string of the molecule is CCC(C)C(NC(=O)C(CC(=O)O)NC(=O)C(Cc1c[nH]c2ccccc12)NC(=O)C1CCCN1)C(=O)O. The first-order valence-corrected chi connectivity index (χ1v) is 12.7. The van der Waals surface area contributed by atoms with E-state index in [4.69, 9.17) is 0 Å². The summed E-state index contributed by atoms with van der Waals surface area (Å²) in [5.41, 5.74) is 1.60. The third-order valence-electron chi connectivity index (χ3n) is 6.90. The third kappa shape index (κ3) is 7.31. The van der Waals surface area contributed by atoms with Gasteiger partial charge in [-0.2, -0.15) is 0 Å². The second-order valence-corrected chi connectivity index (χ2v) is 9.64. The zero-order valence-electron chi connectivity index (χ0n) is 21.5. The van der Waals surface area contributed by atoms with E-state index < -0.39 is 60.3 Å². The predicted octanol–water partition coefficient (Wildman–Crippen LogP) is 0.522. The summed E-state index contributed by atoms with van der Waals surface area (Å²) < 4.78 is 0. The summed E-state index contributed by atoms with van der Waals surface area (Å²) in [7, 11) is 0. The van der Waals surface area contributed by atoms with Gasteiger partial charge in [0.1, 0.15) is 18.1 Å². The van der Waals surface area contributed by atoms with E-state index in [9.17, 15) is 34.2 Å². The zero-order chi connectivity index (χ0) is 27.8. The molecule has 1 aliphatic rings. The number of rotatable bonds is 13. The van der Waals surface area contributed by atoms with Gasteiger partial charge in [0.25, 0.3) is 0 Å². The van der Waals surface area contributed by atoms with Crippen LogP contribution in [0.1, 0.15) is 45.1 Å². The van der Waals surface area contributed by atoms with Gasteiger partial charge in [-0.25, -0.2) is 4.79 Å². The molecular weight excluding hydrogens is 494 g/mol. The monoisotopic (exact) mass is 529 g/mol. The van der Waals surface area contributed by atoms with Crippen molar-refractivity contribution in [3.63, 3.8) is 0 Å². The number of carbonyl (C=O) groups excluding carboxylic acids is 3. The first-order chi connectivity index (χ1) is 18.1. The maximum absolute atomic E-state index is 13.4. The van der Waals surface area contributed by atoms with E-state index in [1.807, 2.05) is 24.3 Å². The summed E-state index contributed by atoms with van der Waals surface area (Å²) in [5, 5.41) is 30.4. The summed E-state index contributed by atoms with van der Waals surface area (Å²) in [6.45, 7) is 4.09. The van der Waals surface area contributed by atoms with Gasteiger partial charge in [0, 0.05) is 23.5 Å². The Morgan fingerprint density at radius 1 is 1.03 bits per heavy atom. The predicted molar refractivity (Wildman–Crippen MR) is 138 cm³/mol. The lowest BCUT2D eigenvalue weighted by molar-refractivity contribution is -0.144. The summed E-state index contributed by atoms with van der Waals surface area (Å²) in [5.74, 6) is -5.09. The first kappa shape index (κ1) is 28.6. The van der Waals surface area contributed by atoms with Gasteiger partial charge in [0.15, 0.2) is 0 Å². The van der Waals surface area contributed by atoms with Crippen LogP contribution in [0.4, 0.5) is 0 Å². The lowest BCUT2D eigenvalue weighted by Gasteiger charge is -2.26. The lowest BCUT2D eigenvalue weighted by atomic mass is 9.98. The minimum Gasteiger partial charge on any atom is -0.481 e. The average molecular weight is 530 g/mol. The lowest BCUT2D eigenvalue weighted by Crippen LogP contribution is -2.58. The zero-order valence-corrected chi connectivity index (χ0v) is 21.5. The van der Waals surface area contributed by atoms with Crippen LogP contribution >= 0.6 is 0 Å². The minimum atomic E-state index is -1.54. The van der Waals surface area contributed by atoms with Gasteiger partial charge < -0.3 is 36.5 Å². The average Bonchev–Trinajstić information content (AvgIpc) is 3.56. The van der Waals surface area contributed by atoms with Crippen molar-refractivity contribution < 1.29 is 34.2 Å². The number of aromatic nitrogens is 1. The first-order valence-electron chi connectivity index (χ1n) is 12.7. The molecule has 0 aliphatic carbocycles. The van der Waals surface area contributed by atoms with Crippen molar-refractivity contribution in [1.29, 1.82) is 0 Å². The molecule has 206 valence electrons. The molecule has 3 amide bonds. The second-order valence-electron chi connectivity index (χ2n) is 9.64. The summed E-state index contributed by atoms with van der Waals surface area (Å²) in [6.07, 6.45) is 2.95. The number of fused-ring (bicyclic) bond motifs is 1. The summed E-state index contributed by atoms with van der Waals surface area (Å²) in [6, 6.07) is 3.08. The molecule has 0 bridgehead atoms. The van der Waals surface area contributed by atoms with Crippen LogP contribution in [0.2, 0.25) is 0 Å². The fourth-order valence-electron chi connectivity index (χ4n) is 4.50. The normalized spacial score (nSPS) is 18.2. The van der Waals surface area contributed by atoms with Gasteiger partial charge in [-0.15, -0.1) is 0 Å². The molecule has 1 aliphatic heterocycles. The van der Waals surface area contributed by atoms with Crippen molar-refractivity contribution >= 4 is 40.6 Å². The molecule has 3 rings (SSSR count). The molecule has 1 aromatic heterocycles. The van der Waals surface area contributed by atoms with E-state index >= 15 is 0 Å². The standard InChI is InChI=1S/C26H35N5O7/c1-3-14(2)22(26(37)38)31-25(36)20(12-21(32)33)30-24(35)19(29-23(34)18-9-6-10-27-18)11-15-13-28-17-8-5-4-7-16(15)17/h4-5,7-8,13-14,18-20,22,27-28H,3,6,9-12H2,1-2H3,(H,29,34)(H,30,35)(H,31,36)(H,32,33)(H,37,38). The number of hydrogen-bond acceptors (Lipinski definition) is 6. The number of benzene rings is 1. The molecule has 2 heterocycles. The number of para-hydroxylation sites is 1. The van der Waals surface area contributed by atoms with Crippen LogP contribution in [-0.2, 0) is 30.4 Å². The highest BCUT2D eigenvalue weighted by Crippen LogP contribution is 2.19. The van der Waals surface area contributed by atoms with Gasteiger partial charge in [0.05, 0.1) is 12.5 Å². The molecule has 1 fully saturated rings. The number of aromatic amines is 1. The molecule has 12 heteroatoms. The molecule has 1 saturated heterocycles. The van der Waals surface area contributed by atoms with E-state index in [1.54, 1.807) is 20.0 Å². The minimum absolute atomic E-state index is 0.0837. The van der Waals surface area contributed by atoms with Crippen LogP contribution < -0.4 is 21.3 Å². The summed E-state index contributed by atoms with van der Waals surface area (Å²) in [4.78, 5) is 65.5. The number of carboxylic acids is 2. The van der Waals surface area contributed by atoms with Gasteiger partial charge in [0.2, 0.25) is 17.7 Å². The van der Waals surface area contributed by atoms with Crippen LogP contribution in [-0.4, -0.2) is 75.6 Å². The van der Waals surface area contributed by atoms with Gasteiger partial charge in [-0.1, -0.05) is 38.5 Å². The molecule has 1 aromatic carbocycles. The number of carboxylic acid groups (broad SMARTS) is 2. The molecule has 12 nitrogen and oxygen atoms in total. The van der Waals surface area contributed by atoms with Crippen molar-refractivity contribution in [2.24, 2.45) is 5.92 Å². The van der Waals surface area contributed by atoms with Gasteiger partial charge >= 0.3 is 11.9 Å². The fraction of sp³-hybridized carbons (Fsp3) is 0.500. The Balaban J connectivity index is 1.82. The van der Waals surface area contributed by atoms with E-state index in [1.165, 1.54) is 0 Å². The van der Waals surface area contributed by atoms with Crippen molar-refractivity contribution in [2.45, 2.75) is 70.1 Å². The molecule has 5 atom stereocenters. The van der Waals surface area contributed by atoms with Crippen molar-refractivity contribution in [1.82, 2.24) is 26.3 Å². The Bertz CT molecular complexity index is 1170. The quantitative estimate of drug-likeness (QED) is 0.195. The van der Waals surface area contributed by atoms with E-state index in [0.29, 0.717) is 19.4 Å². The highest BCUT2D eigenvalue weighted by atomic mass is 16.4. The molecule has 38 heavy (non-hydrogen) atoms. The van der Waals surface area contributed by atoms with Gasteiger partial charge in [-0.05, 0) is 36.9 Å². The molecule has 0 saturated carbocycles. The topological polar surface area (TPSA) is 190 Å². The van der Waals surface area contributed by atoms with Crippen molar-refractivity contribution in [3.8, 4) is 0 Å². The fourth-order valence-corrected chi connectivity index (χ4v) is 4.50. The number of nitrogens with one attached hydrogen (secondary N) is 5. The number of H-pyrrole nitrogens is 1. The Morgan fingerprint density at radius 3 is 2.37 bits per heavy atom. The molecular formula is C26H35N5O7. The molecule has 7 N–H and O–H groups in total. The Labute approximate surface area is 219 Å². The van der Waals surface area contributed by atoms with Crippen LogP contribution in [0.25, 0.3) is 10.9 Å². The van der Waals surface area contributed by atoms with E-state index in [2.05, 4.69) is 26.3 Å². The van der Waals surface area contributed by atoms with E-state index in [0.717, 1.165) is 22.9 Å². The smallest absolute Gasteiger partial charge is 0.326 e. The van der Waals surface area contributed by atoms with Crippen LogP contribution in [0.5, 0.6) is 0 Å². The van der Waals surface area contributed by atoms with Crippen molar-refractivity contribution in [2.75, 3.05) is 6.54 Å². The van der Waals surface area contributed by atoms with Crippen LogP contribution in [0.3, 0.4) is 0 Å². The number of carbonyl (C=O) groups is 5. The Hall–Kier alpha value is -3.93. The second kappa shape index (κ2) is 13.0. The largest absolute Gasteiger partial charge is 0.481 e. The highest BCUT2D eigenvalue weighted by molar-refractivity contribution is 5.96. The maximum Gasteiger partial charge on any atom is 0.326 e. The number of hydrogen-bond donors (Lipinski definition) is 7. The Morgan fingerprint density at radius 2 is 1.74 bits per heavy atom. The highest BCUT2D eigenvalue weighted by Gasteiger charge is 2.34. The number of amides is 3. The maximum atomic E-state index is 13.4.